The van der Waals surface area contributed by atoms with Crippen LogP contribution in [-0.2, 0) is 0 Å². The second kappa shape index (κ2) is 1.38. The van der Waals surface area contributed by atoms with Gasteiger partial charge in [-0.05, 0) is 12.9 Å². The first-order chi connectivity index (χ1) is 2.00. The molecule has 1 unspecified atom stereocenters. The topological polar surface area (TPSA) is 26.0 Å². The Kier molecular flexibility index (Phi) is 1.54. The minimum Gasteiger partial charge on any atom is -0.304 e. The lowest BCUT2D eigenvalue weighted by atomic mass is 11.9. The summed E-state index contributed by atoms with van der Waals surface area (Å²) < 4.78 is 0. The zero-order chi connectivity index (χ0) is 4.50. The molecule has 0 saturated heterocycles. The minimum absolute atomic E-state index is 1.44. The zero-order valence-corrected chi connectivity index (χ0v) is 4.97. The Bertz CT molecular complexity index is 55.8. The third-order valence-corrected chi connectivity index (χ3v) is 0. The molecule has 0 aromatic rings. The molecule has 5 heavy (non-hydrogen) atoms. The average molecular weight is 109 g/mol. The van der Waals surface area contributed by atoms with E-state index in [1.807, 2.05) is 6.66 Å². The predicted molar refractivity (Wildman–Crippen MR) is 33.1 cm³/mol. The van der Waals surface area contributed by atoms with Crippen LogP contribution in [0.15, 0.2) is 0 Å². The molecule has 0 aliphatic carbocycles. The molecule has 0 aliphatic rings. The lowest BCUT2D eigenvalue weighted by Crippen LogP contribution is -1.79. The number of rotatable bonds is 0. The molecule has 1 atom stereocenters. The molecule has 2 N–H and O–H groups in total. The van der Waals surface area contributed by atoms with Crippen molar-refractivity contribution in [2.75, 3.05) is 6.66 Å². The Labute approximate surface area is 37.7 Å². The fourth-order valence-electron chi connectivity index (χ4n) is 0. The van der Waals surface area contributed by atoms with Gasteiger partial charge in [0.05, 0.1) is 0 Å². The van der Waals surface area contributed by atoms with Gasteiger partial charge in [0.2, 0.25) is 0 Å². The van der Waals surface area contributed by atoms with E-state index in [9.17, 15) is 0 Å². The molecular weight excluding hydrogens is 101 g/mol. The van der Waals surface area contributed by atoms with Crippen LogP contribution in [0, 0.1) is 0 Å². The maximum atomic E-state index is 5.22. The van der Waals surface area contributed by atoms with Crippen LogP contribution in [0.2, 0.25) is 0 Å². The normalized spacial score (nSPS) is 21.4. The summed E-state index contributed by atoms with van der Waals surface area (Å²) in [5, 5.41) is 0. The molecule has 3 heteroatoms. The van der Waals surface area contributed by atoms with Crippen molar-refractivity contribution in [1.29, 1.82) is 0 Å². The van der Waals surface area contributed by atoms with Crippen LogP contribution in [0.4, 0.5) is 0 Å². The van der Waals surface area contributed by atoms with Crippen molar-refractivity contribution in [3.63, 3.8) is 0 Å². The molecule has 32 valence electrons. The van der Waals surface area contributed by atoms with E-state index in [-0.39, 0.29) is 0 Å². The summed E-state index contributed by atoms with van der Waals surface area (Å²) in [5.74, 6) is 0. The van der Waals surface area contributed by atoms with E-state index in [1.54, 1.807) is 0 Å². The maximum Gasteiger partial charge on any atom is -0.0126 e. The second-order valence-electron chi connectivity index (χ2n) is 1.21. The van der Waals surface area contributed by atoms with Crippen LogP contribution in [0.3, 0.4) is 0 Å². The van der Waals surface area contributed by atoms with Gasteiger partial charge in [-0.1, -0.05) is 6.30 Å². The summed E-state index contributed by atoms with van der Waals surface area (Å²) in [6.07, 6.45) is 2.08. The summed E-state index contributed by atoms with van der Waals surface area (Å²) in [7, 11) is 0. The molecule has 0 heterocycles. The first-order valence-electron chi connectivity index (χ1n) is 1.22. The number of thiol groups is 1. The lowest BCUT2D eigenvalue weighted by molar-refractivity contribution is 1.96. The molecule has 0 fully saturated rings. The standard InChI is InChI=1S/C2H8NPS/c1-4(2,3)5/h5H,1,3H2,2H3. The Hall–Kier alpha value is 0.610. The molecule has 1 nitrogen and oxygen atoms in total. The smallest absolute Gasteiger partial charge is 0.0126 e. The Balaban J connectivity index is 3.47. The van der Waals surface area contributed by atoms with Crippen molar-refractivity contribution in [2.24, 2.45) is 5.50 Å². The molecular formula is C2H8NPS. The highest BCUT2D eigenvalue weighted by molar-refractivity contribution is 8.50. The van der Waals surface area contributed by atoms with Gasteiger partial charge in [-0.3, -0.25) is 0 Å². The largest absolute Gasteiger partial charge is 0.304 e. The molecule has 0 spiro atoms. The SMILES string of the molecule is C=P(C)(N)S. The zero-order valence-electron chi connectivity index (χ0n) is 3.18. The van der Waals surface area contributed by atoms with Gasteiger partial charge in [0.25, 0.3) is 0 Å². The van der Waals surface area contributed by atoms with Crippen LogP contribution in [0.25, 0.3) is 0 Å². The van der Waals surface area contributed by atoms with Crippen molar-refractivity contribution in [3.8, 4) is 0 Å². The number of nitrogens with two attached hydrogens (primary N) is 1. The van der Waals surface area contributed by atoms with Gasteiger partial charge >= 0.3 is 0 Å². The highest BCUT2D eigenvalue weighted by atomic mass is 32.7. The van der Waals surface area contributed by atoms with Crippen molar-refractivity contribution in [1.82, 2.24) is 0 Å². The van der Waals surface area contributed by atoms with Gasteiger partial charge < -0.3 is 5.50 Å². The van der Waals surface area contributed by atoms with E-state index in [4.69, 9.17) is 5.50 Å². The number of hydrogen-bond donors (Lipinski definition) is 2. The van der Waals surface area contributed by atoms with Crippen molar-refractivity contribution < 1.29 is 0 Å². The Morgan fingerprint density at radius 3 is 2.00 bits per heavy atom. The molecule has 0 aromatic heterocycles. The van der Waals surface area contributed by atoms with E-state index in [0.29, 0.717) is 0 Å². The summed E-state index contributed by atoms with van der Waals surface area (Å²) in [6.45, 7) is 1.83. The molecule has 0 aromatic carbocycles. The molecule has 0 amide bonds. The van der Waals surface area contributed by atoms with E-state index in [0.717, 1.165) is 0 Å². The first kappa shape index (κ1) is 5.61. The van der Waals surface area contributed by atoms with Gasteiger partial charge in [-0.25, -0.2) is 0 Å². The highest BCUT2D eigenvalue weighted by Gasteiger charge is 1.80. The van der Waals surface area contributed by atoms with Gasteiger partial charge in [-0.2, -0.15) is 0 Å². The molecule has 0 radical (unpaired) electrons. The lowest BCUT2D eigenvalue weighted by Gasteiger charge is -1.95. The van der Waals surface area contributed by atoms with Crippen LogP contribution < -0.4 is 5.50 Å². The number of hydrogen-bond acceptors (Lipinski definition) is 2. The van der Waals surface area contributed by atoms with Crippen LogP contribution in [0.5, 0.6) is 0 Å². The third-order valence-electron chi connectivity index (χ3n) is 0. The summed E-state index contributed by atoms with van der Waals surface area (Å²) >= 11 is 3.90. The minimum atomic E-state index is -1.44. The predicted octanol–water partition coefficient (Wildman–Crippen LogP) is 0.784. The van der Waals surface area contributed by atoms with Crippen LogP contribution >= 0.6 is 18.5 Å². The van der Waals surface area contributed by atoms with E-state index >= 15 is 0 Å². The highest BCUT2D eigenvalue weighted by Crippen LogP contribution is 2.34. The van der Waals surface area contributed by atoms with E-state index in [1.165, 1.54) is 0 Å². The quantitative estimate of drug-likeness (QED) is 0.349. The Morgan fingerprint density at radius 1 is 2.00 bits per heavy atom. The van der Waals surface area contributed by atoms with Gasteiger partial charge in [0.1, 0.15) is 0 Å². The fourth-order valence-corrected chi connectivity index (χ4v) is 0. The van der Waals surface area contributed by atoms with Crippen molar-refractivity contribution in [2.45, 2.75) is 0 Å². The van der Waals surface area contributed by atoms with Crippen molar-refractivity contribution in [3.05, 3.63) is 0 Å². The second-order valence-corrected chi connectivity index (χ2v) is 6.38. The summed E-state index contributed by atoms with van der Waals surface area (Å²) in [5.41, 5.74) is 5.22. The molecule has 0 bridgehead atoms. The summed E-state index contributed by atoms with van der Waals surface area (Å²) in [6, 6.07) is 0. The fraction of sp³-hybridized carbons (Fsp3) is 0.500. The molecule has 0 rings (SSSR count). The average Bonchev–Trinajstić information content (AvgIpc) is 0.722. The van der Waals surface area contributed by atoms with Gasteiger partial charge in [-0.15, -0.1) is 12.2 Å². The molecule has 0 aliphatic heterocycles. The first-order valence-corrected chi connectivity index (χ1v) is 4.86. The maximum absolute atomic E-state index is 5.22. The monoisotopic (exact) mass is 109 g/mol. The van der Waals surface area contributed by atoms with Crippen molar-refractivity contribution >= 4 is 24.8 Å². The van der Waals surface area contributed by atoms with E-state index < -0.39 is 6.24 Å². The third kappa shape index (κ3) is 84.4. The van der Waals surface area contributed by atoms with E-state index in [2.05, 4.69) is 18.5 Å². The van der Waals surface area contributed by atoms with Gasteiger partial charge in [0.15, 0.2) is 0 Å². The van der Waals surface area contributed by atoms with Crippen LogP contribution in [0.1, 0.15) is 0 Å². The summed E-state index contributed by atoms with van der Waals surface area (Å²) in [4.78, 5) is 0. The van der Waals surface area contributed by atoms with Gasteiger partial charge in [0, 0.05) is 0 Å². The molecule has 0 saturated carbocycles. The Morgan fingerprint density at radius 2 is 2.00 bits per heavy atom. The van der Waals surface area contributed by atoms with Crippen LogP contribution in [-0.4, -0.2) is 13.0 Å².